The molecule has 26 heavy (non-hydrogen) atoms. The van der Waals surface area contributed by atoms with E-state index in [9.17, 15) is 9.59 Å². The van der Waals surface area contributed by atoms with Gasteiger partial charge in [0.2, 0.25) is 11.7 Å². The van der Waals surface area contributed by atoms with Gasteiger partial charge in [0, 0.05) is 19.2 Å². The molecule has 8 heteroatoms. The van der Waals surface area contributed by atoms with Gasteiger partial charge in [-0.05, 0) is 23.6 Å². The number of hydrogen-bond donors (Lipinski definition) is 1. The molecule has 0 saturated heterocycles. The van der Waals surface area contributed by atoms with E-state index in [0.717, 1.165) is 5.56 Å². The van der Waals surface area contributed by atoms with Crippen LogP contribution in [0.4, 0.5) is 0 Å². The molecular weight excluding hydrogens is 356 g/mol. The van der Waals surface area contributed by atoms with E-state index in [1.54, 1.807) is 32.4 Å². The van der Waals surface area contributed by atoms with E-state index >= 15 is 0 Å². The molecule has 0 atom stereocenters. The lowest BCUT2D eigenvalue weighted by molar-refractivity contribution is -0.129. The first-order valence-corrected chi connectivity index (χ1v) is 8.73. The smallest absolute Gasteiger partial charge is 0.261 e. The summed E-state index contributed by atoms with van der Waals surface area (Å²) in [6, 6.07) is 7.07. The number of nitrogens with zero attached hydrogens (tertiary/aromatic N) is 1. The Morgan fingerprint density at radius 2 is 1.81 bits per heavy atom. The lowest BCUT2D eigenvalue weighted by atomic mass is 10.1. The van der Waals surface area contributed by atoms with Gasteiger partial charge >= 0.3 is 0 Å². The highest BCUT2D eigenvalue weighted by atomic mass is 32.1. The average Bonchev–Trinajstić information content (AvgIpc) is 3.19. The summed E-state index contributed by atoms with van der Waals surface area (Å²) in [5.74, 6) is 1.05. The van der Waals surface area contributed by atoms with Crippen molar-refractivity contribution in [1.29, 1.82) is 0 Å². The van der Waals surface area contributed by atoms with E-state index in [-0.39, 0.29) is 18.4 Å². The zero-order chi connectivity index (χ0) is 19.1. The highest BCUT2D eigenvalue weighted by molar-refractivity contribution is 7.12. The van der Waals surface area contributed by atoms with Crippen molar-refractivity contribution in [2.45, 2.75) is 6.54 Å². The second-order valence-corrected chi connectivity index (χ2v) is 6.35. The van der Waals surface area contributed by atoms with Crippen molar-refractivity contribution in [2.24, 2.45) is 0 Å². The van der Waals surface area contributed by atoms with Crippen molar-refractivity contribution in [2.75, 3.05) is 34.9 Å². The van der Waals surface area contributed by atoms with E-state index < -0.39 is 0 Å². The highest BCUT2D eigenvalue weighted by Gasteiger charge is 2.19. The number of ether oxygens (including phenoxy) is 3. The quantitative estimate of drug-likeness (QED) is 0.762. The number of nitrogens with one attached hydrogen (secondary N) is 1. The minimum absolute atomic E-state index is 0.0805. The molecule has 0 fully saturated rings. The number of thiophene rings is 1. The predicted octanol–water partition coefficient (Wildman–Crippen LogP) is 2.16. The molecule has 2 aromatic rings. The van der Waals surface area contributed by atoms with E-state index in [1.807, 2.05) is 11.4 Å². The van der Waals surface area contributed by atoms with Crippen molar-refractivity contribution in [1.82, 2.24) is 10.2 Å². The van der Waals surface area contributed by atoms with Crippen molar-refractivity contribution in [3.63, 3.8) is 0 Å². The Balaban J connectivity index is 2.03. The summed E-state index contributed by atoms with van der Waals surface area (Å²) in [7, 11) is 6.27. The van der Waals surface area contributed by atoms with Crippen LogP contribution in [0, 0.1) is 0 Å². The third kappa shape index (κ3) is 4.45. The molecule has 0 spiro atoms. The number of methoxy groups -OCH3 is 3. The van der Waals surface area contributed by atoms with Crippen molar-refractivity contribution in [3.8, 4) is 17.2 Å². The molecule has 2 rings (SSSR count). The zero-order valence-electron chi connectivity index (χ0n) is 15.2. The average molecular weight is 378 g/mol. The summed E-state index contributed by atoms with van der Waals surface area (Å²) in [6.45, 7) is 0.222. The largest absolute Gasteiger partial charge is 0.493 e. The Labute approximate surface area is 156 Å². The fourth-order valence-electron chi connectivity index (χ4n) is 2.42. The van der Waals surface area contributed by atoms with Crippen molar-refractivity contribution < 1.29 is 23.8 Å². The van der Waals surface area contributed by atoms with Crippen LogP contribution in [0.5, 0.6) is 17.2 Å². The normalized spacial score (nSPS) is 10.2. The molecule has 1 aromatic heterocycles. The molecular formula is C18H22N2O5S. The molecule has 140 valence electrons. The monoisotopic (exact) mass is 378 g/mol. The number of amides is 2. The summed E-state index contributed by atoms with van der Waals surface area (Å²) in [6.07, 6.45) is 0. The van der Waals surface area contributed by atoms with Crippen LogP contribution < -0.4 is 19.5 Å². The van der Waals surface area contributed by atoms with Gasteiger partial charge in [0.15, 0.2) is 11.5 Å². The van der Waals surface area contributed by atoms with Crippen LogP contribution in [0.3, 0.4) is 0 Å². The molecule has 0 bridgehead atoms. The number of hydrogen-bond acceptors (Lipinski definition) is 6. The molecule has 0 radical (unpaired) electrons. The van der Waals surface area contributed by atoms with Gasteiger partial charge in [0.1, 0.15) is 0 Å². The van der Waals surface area contributed by atoms with Gasteiger partial charge in [-0.1, -0.05) is 6.07 Å². The summed E-state index contributed by atoms with van der Waals surface area (Å²) in [5.41, 5.74) is 0.769. The van der Waals surface area contributed by atoms with Gasteiger partial charge in [-0.3, -0.25) is 9.59 Å². The third-order valence-electron chi connectivity index (χ3n) is 3.76. The second kappa shape index (κ2) is 9.10. The van der Waals surface area contributed by atoms with Crippen LogP contribution in [0.25, 0.3) is 0 Å². The standard InChI is InChI=1S/C18H22N2O5S/c1-20(15(21)10-19-18(22)14-6-5-9-26-14)11-12-7-8-13(23-2)17(25-4)16(12)24-3/h5-9H,10-11H2,1-4H3,(H,19,22). The molecule has 1 aromatic carbocycles. The number of carbonyl (C=O) groups is 2. The summed E-state index contributed by atoms with van der Waals surface area (Å²) < 4.78 is 16.0. The summed E-state index contributed by atoms with van der Waals surface area (Å²) in [5, 5.41) is 4.44. The van der Waals surface area contributed by atoms with Crippen molar-refractivity contribution in [3.05, 3.63) is 40.1 Å². The molecule has 0 aliphatic carbocycles. The van der Waals surface area contributed by atoms with E-state index in [4.69, 9.17) is 14.2 Å². The van der Waals surface area contributed by atoms with E-state index in [2.05, 4.69) is 5.32 Å². The maximum Gasteiger partial charge on any atom is 0.261 e. The molecule has 0 aliphatic rings. The van der Waals surface area contributed by atoms with Crippen LogP contribution in [0.2, 0.25) is 0 Å². The molecule has 0 unspecified atom stereocenters. The van der Waals surface area contributed by atoms with Gasteiger partial charge in [0.05, 0.1) is 32.8 Å². The predicted molar refractivity (Wildman–Crippen MR) is 99.2 cm³/mol. The Morgan fingerprint density at radius 3 is 2.38 bits per heavy atom. The van der Waals surface area contributed by atoms with E-state index in [1.165, 1.54) is 30.5 Å². The molecule has 0 aliphatic heterocycles. The molecule has 1 N–H and O–H groups in total. The maximum absolute atomic E-state index is 12.3. The highest BCUT2D eigenvalue weighted by Crippen LogP contribution is 2.40. The molecule has 7 nitrogen and oxygen atoms in total. The Hall–Kier alpha value is -2.74. The third-order valence-corrected chi connectivity index (χ3v) is 4.63. The maximum atomic E-state index is 12.3. The number of likely N-dealkylation sites (N-methyl/N-ethyl adjacent to an activating group) is 1. The van der Waals surface area contributed by atoms with Gasteiger partial charge in [-0.15, -0.1) is 11.3 Å². The first-order chi connectivity index (χ1) is 12.5. The first kappa shape index (κ1) is 19.6. The Morgan fingerprint density at radius 1 is 1.08 bits per heavy atom. The van der Waals surface area contributed by atoms with Gasteiger partial charge in [-0.2, -0.15) is 0 Å². The van der Waals surface area contributed by atoms with Gasteiger partial charge in [0.25, 0.3) is 5.91 Å². The minimum Gasteiger partial charge on any atom is -0.493 e. The topological polar surface area (TPSA) is 77.1 Å². The first-order valence-electron chi connectivity index (χ1n) is 7.85. The molecule has 0 saturated carbocycles. The fraction of sp³-hybridized carbons (Fsp3) is 0.333. The Kier molecular flexibility index (Phi) is 6.85. The number of rotatable bonds is 8. The van der Waals surface area contributed by atoms with Crippen LogP contribution >= 0.6 is 11.3 Å². The lowest BCUT2D eigenvalue weighted by Crippen LogP contribution is -2.37. The van der Waals surface area contributed by atoms with Crippen LogP contribution in [0.1, 0.15) is 15.2 Å². The van der Waals surface area contributed by atoms with Gasteiger partial charge < -0.3 is 24.4 Å². The summed E-state index contributed by atoms with van der Waals surface area (Å²) >= 11 is 1.33. The number of carbonyl (C=O) groups excluding carboxylic acids is 2. The lowest BCUT2D eigenvalue weighted by Gasteiger charge is -2.21. The van der Waals surface area contributed by atoms with Gasteiger partial charge in [-0.25, -0.2) is 0 Å². The van der Waals surface area contributed by atoms with Crippen LogP contribution in [-0.2, 0) is 11.3 Å². The SMILES string of the molecule is COc1ccc(CN(C)C(=O)CNC(=O)c2cccs2)c(OC)c1OC. The van der Waals surface area contributed by atoms with Crippen molar-refractivity contribution >= 4 is 23.2 Å². The molecule has 2 amide bonds. The summed E-state index contributed by atoms with van der Waals surface area (Å²) in [4.78, 5) is 26.3. The second-order valence-electron chi connectivity index (χ2n) is 5.40. The minimum atomic E-state index is -0.259. The van der Waals surface area contributed by atoms with E-state index in [0.29, 0.717) is 28.7 Å². The molecule has 1 heterocycles. The zero-order valence-corrected chi connectivity index (χ0v) is 16.0. The number of benzene rings is 1. The Bertz CT molecular complexity index is 761. The fourth-order valence-corrected chi connectivity index (χ4v) is 3.06. The van der Waals surface area contributed by atoms with Crippen LogP contribution in [-0.4, -0.2) is 51.6 Å². The van der Waals surface area contributed by atoms with Crippen LogP contribution in [0.15, 0.2) is 29.6 Å².